The molecule has 124 valence electrons. The van der Waals surface area contributed by atoms with Gasteiger partial charge in [0.1, 0.15) is 0 Å². The molecule has 0 unspecified atom stereocenters. The molecule has 1 heteroatoms. The van der Waals surface area contributed by atoms with Gasteiger partial charge in [-0.05, 0) is 58.9 Å². The lowest BCUT2D eigenvalue weighted by Gasteiger charge is -2.42. The maximum absolute atomic E-state index is 3.91. The summed E-state index contributed by atoms with van der Waals surface area (Å²) < 4.78 is 0. The molecule has 1 aliphatic carbocycles. The molecule has 0 radical (unpaired) electrons. The average molecular weight is 309 g/mol. The van der Waals surface area contributed by atoms with E-state index < -0.39 is 0 Å². The minimum absolute atomic E-state index is 0.261. The number of hydrogen-bond donors (Lipinski definition) is 1. The topological polar surface area (TPSA) is 12.0 Å². The van der Waals surface area contributed by atoms with Crippen molar-refractivity contribution in [3.8, 4) is 0 Å². The Bertz CT molecular complexity index is 657. The van der Waals surface area contributed by atoms with E-state index in [4.69, 9.17) is 0 Å². The Morgan fingerprint density at radius 1 is 1.09 bits per heavy atom. The standard InChI is InChI=1S/C22H31N/c1-16(9-8-10-17(2)23-7)18-11-12-19-20(15-18)22(5,6)14-13-21(19,3)4/h8-12,15,23H,2,13-14H2,1,3-7H3/b10-8-,16-9+. The number of likely N-dealkylation sites (N-methyl/N-ethyl adjacent to an activating group) is 1. The minimum atomic E-state index is 0.261. The Balaban J connectivity index is 2.38. The summed E-state index contributed by atoms with van der Waals surface area (Å²) in [5.74, 6) is 0. The predicted molar refractivity (Wildman–Crippen MR) is 103 cm³/mol. The summed E-state index contributed by atoms with van der Waals surface area (Å²) in [6.45, 7) is 15.6. The molecule has 2 rings (SSSR count). The first-order chi connectivity index (χ1) is 10.7. The van der Waals surface area contributed by atoms with E-state index >= 15 is 0 Å². The molecule has 1 aromatic carbocycles. The molecular weight excluding hydrogens is 278 g/mol. The first-order valence-corrected chi connectivity index (χ1v) is 8.54. The normalized spacial score (nSPS) is 19.5. The van der Waals surface area contributed by atoms with Crippen molar-refractivity contribution in [1.29, 1.82) is 0 Å². The fourth-order valence-corrected chi connectivity index (χ4v) is 3.32. The average Bonchev–Trinajstić information content (AvgIpc) is 2.51. The molecule has 0 amide bonds. The summed E-state index contributed by atoms with van der Waals surface area (Å²) in [5.41, 5.74) is 7.10. The second kappa shape index (κ2) is 6.39. The highest BCUT2D eigenvalue weighted by molar-refractivity contribution is 5.67. The van der Waals surface area contributed by atoms with Crippen molar-refractivity contribution in [2.45, 2.75) is 58.3 Å². The zero-order valence-corrected chi connectivity index (χ0v) is 15.6. The van der Waals surface area contributed by atoms with Crippen molar-refractivity contribution in [2.24, 2.45) is 0 Å². The molecule has 0 heterocycles. The maximum Gasteiger partial charge on any atom is 0.0264 e. The van der Waals surface area contributed by atoms with E-state index in [0.717, 1.165) is 5.70 Å². The van der Waals surface area contributed by atoms with Gasteiger partial charge in [0.15, 0.2) is 0 Å². The lowest BCUT2D eigenvalue weighted by molar-refractivity contribution is 0.332. The first kappa shape index (κ1) is 17.6. The third-order valence-corrected chi connectivity index (χ3v) is 5.27. The van der Waals surface area contributed by atoms with E-state index in [-0.39, 0.29) is 10.8 Å². The zero-order chi connectivity index (χ0) is 17.3. The van der Waals surface area contributed by atoms with Crippen molar-refractivity contribution in [3.63, 3.8) is 0 Å². The van der Waals surface area contributed by atoms with E-state index in [1.807, 2.05) is 13.1 Å². The van der Waals surface area contributed by atoms with Gasteiger partial charge in [0.25, 0.3) is 0 Å². The molecule has 1 aromatic rings. The predicted octanol–water partition coefficient (Wildman–Crippen LogP) is 5.73. The third kappa shape index (κ3) is 3.77. The third-order valence-electron chi connectivity index (χ3n) is 5.27. The SMILES string of the molecule is C=C(/C=C\C=C(/C)c1ccc2c(c1)C(C)(C)CCC2(C)C)NC. The maximum atomic E-state index is 3.91. The molecule has 0 atom stereocenters. The number of hydrogen-bond acceptors (Lipinski definition) is 1. The second-order valence-corrected chi connectivity index (χ2v) is 8.01. The minimum Gasteiger partial charge on any atom is -0.389 e. The Hall–Kier alpha value is -1.76. The quantitative estimate of drug-likeness (QED) is 0.700. The van der Waals surface area contributed by atoms with Crippen molar-refractivity contribution in [3.05, 3.63) is 65.4 Å². The molecule has 0 aliphatic heterocycles. The van der Waals surface area contributed by atoms with Crippen LogP contribution in [-0.2, 0) is 10.8 Å². The highest BCUT2D eigenvalue weighted by Crippen LogP contribution is 2.46. The van der Waals surface area contributed by atoms with Gasteiger partial charge in [-0.3, -0.25) is 0 Å². The van der Waals surface area contributed by atoms with Gasteiger partial charge >= 0.3 is 0 Å². The van der Waals surface area contributed by atoms with Crippen LogP contribution in [0.1, 0.15) is 64.2 Å². The van der Waals surface area contributed by atoms with Crippen LogP contribution in [0.25, 0.3) is 5.57 Å². The highest BCUT2D eigenvalue weighted by atomic mass is 14.8. The fraction of sp³-hybridized carbons (Fsp3) is 0.455. The van der Waals surface area contributed by atoms with Gasteiger partial charge in [-0.15, -0.1) is 0 Å². The Morgan fingerprint density at radius 2 is 1.70 bits per heavy atom. The Kier molecular flexibility index (Phi) is 4.89. The van der Waals surface area contributed by atoms with Crippen LogP contribution in [-0.4, -0.2) is 7.05 Å². The summed E-state index contributed by atoms with van der Waals surface area (Å²) >= 11 is 0. The van der Waals surface area contributed by atoms with Crippen LogP contribution in [0.4, 0.5) is 0 Å². The van der Waals surface area contributed by atoms with Gasteiger partial charge in [0.05, 0.1) is 0 Å². The monoisotopic (exact) mass is 309 g/mol. The molecule has 1 N–H and O–H groups in total. The Labute approximate surface area is 142 Å². The van der Waals surface area contributed by atoms with Crippen LogP contribution in [0.2, 0.25) is 0 Å². The second-order valence-electron chi connectivity index (χ2n) is 8.01. The highest BCUT2D eigenvalue weighted by Gasteiger charge is 2.36. The zero-order valence-electron chi connectivity index (χ0n) is 15.6. The molecule has 0 bridgehead atoms. The number of allylic oxidation sites excluding steroid dienone is 4. The van der Waals surface area contributed by atoms with Crippen LogP contribution in [0.15, 0.2) is 48.7 Å². The molecule has 0 fully saturated rings. The number of rotatable bonds is 4. The van der Waals surface area contributed by atoms with E-state index in [1.165, 1.54) is 35.1 Å². The summed E-state index contributed by atoms with van der Waals surface area (Å²) in [4.78, 5) is 0. The van der Waals surface area contributed by atoms with Crippen molar-refractivity contribution >= 4 is 5.57 Å². The molecule has 0 saturated carbocycles. The van der Waals surface area contributed by atoms with Gasteiger partial charge in [-0.25, -0.2) is 0 Å². The van der Waals surface area contributed by atoms with E-state index in [0.29, 0.717) is 0 Å². The number of benzene rings is 1. The van der Waals surface area contributed by atoms with Crippen LogP contribution < -0.4 is 5.32 Å². The van der Waals surface area contributed by atoms with E-state index in [9.17, 15) is 0 Å². The van der Waals surface area contributed by atoms with Crippen molar-refractivity contribution in [2.75, 3.05) is 7.05 Å². The van der Waals surface area contributed by atoms with E-state index in [1.54, 1.807) is 0 Å². The molecule has 1 aliphatic rings. The van der Waals surface area contributed by atoms with E-state index in [2.05, 4.69) is 76.9 Å². The van der Waals surface area contributed by atoms with Crippen molar-refractivity contribution in [1.82, 2.24) is 5.32 Å². The lowest BCUT2D eigenvalue weighted by Crippen LogP contribution is -2.33. The number of nitrogens with one attached hydrogen (secondary N) is 1. The summed E-state index contributed by atoms with van der Waals surface area (Å²) in [5, 5.41) is 3.03. The van der Waals surface area contributed by atoms with Crippen LogP contribution in [0.5, 0.6) is 0 Å². The largest absolute Gasteiger partial charge is 0.389 e. The van der Waals surface area contributed by atoms with Crippen LogP contribution in [0.3, 0.4) is 0 Å². The smallest absolute Gasteiger partial charge is 0.0264 e. The van der Waals surface area contributed by atoms with Gasteiger partial charge in [0, 0.05) is 12.7 Å². The molecule has 0 spiro atoms. The number of fused-ring (bicyclic) bond motifs is 1. The van der Waals surface area contributed by atoms with Crippen molar-refractivity contribution < 1.29 is 0 Å². The molecule has 1 nitrogen and oxygen atoms in total. The van der Waals surface area contributed by atoms with Crippen LogP contribution in [0, 0.1) is 0 Å². The summed E-state index contributed by atoms with van der Waals surface area (Å²) in [7, 11) is 1.89. The van der Waals surface area contributed by atoms with Gasteiger partial charge in [-0.1, -0.05) is 64.6 Å². The van der Waals surface area contributed by atoms with Gasteiger partial charge in [0.2, 0.25) is 0 Å². The first-order valence-electron chi connectivity index (χ1n) is 8.54. The van der Waals surface area contributed by atoms with Gasteiger partial charge < -0.3 is 5.32 Å². The summed E-state index contributed by atoms with van der Waals surface area (Å²) in [6, 6.07) is 7.02. The Morgan fingerprint density at radius 3 is 2.30 bits per heavy atom. The lowest BCUT2D eigenvalue weighted by atomic mass is 9.63. The van der Waals surface area contributed by atoms with Gasteiger partial charge in [-0.2, -0.15) is 0 Å². The van der Waals surface area contributed by atoms with Crippen LogP contribution >= 0.6 is 0 Å². The molecule has 0 aromatic heterocycles. The fourth-order valence-electron chi connectivity index (χ4n) is 3.32. The molecular formula is C22H31N. The summed E-state index contributed by atoms with van der Waals surface area (Å²) in [6.07, 6.45) is 8.72. The molecule has 0 saturated heterocycles. The molecule has 23 heavy (non-hydrogen) atoms.